The van der Waals surface area contributed by atoms with E-state index in [0.29, 0.717) is 12.6 Å². The maximum Gasteiger partial charge on any atom is 0.227 e. The highest BCUT2D eigenvalue weighted by Crippen LogP contribution is 2.33. The zero-order chi connectivity index (χ0) is 12.2. The summed E-state index contributed by atoms with van der Waals surface area (Å²) >= 11 is 0. The number of carbonyl (C=O) groups is 1. The molecule has 0 saturated heterocycles. The van der Waals surface area contributed by atoms with E-state index in [4.69, 9.17) is 5.73 Å². The summed E-state index contributed by atoms with van der Waals surface area (Å²) in [4.78, 5) is 12.2. The van der Waals surface area contributed by atoms with Crippen LogP contribution in [0.25, 0.3) is 0 Å². The van der Waals surface area contributed by atoms with E-state index in [9.17, 15) is 4.79 Å². The maximum atomic E-state index is 12.2. The van der Waals surface area contributed by atoms with Crippen molar-refractivity contribution in [2.24, 2.45) is 17.1 Å². The minimum absolute atomic E-state index is 0. The summed E-state index contributed by atoms with van der Waals surface area (Å²) in [7, 11) is 0. The molecule has 1 rings (SSSR count). The summed E-state index contributed by atoms with van der Waals surface area (Å²) in [6.45, 7) is 6.63. The fraction of sp³-hybridized carbons (Fsp3) is 0.923. The Bertz CT molecular complexity index is 229. The summed E-state index contributed by atoms with van der Waals surface area (Å²) < 4.78 is 0. The third kappa shape index (κ3) is 4.47. The van der Waals surface area contributed by atoms with Gasteiger partial charge in [-0.15, -0.1) is 12.4 Å². The largest absolute Gasteiger partial charge is 0.353 e. The Balaban J connectivity index is 0.00000256. The zero-order valence-electron chi connectivity index (χ0n) is 11.3. The van der Waals surface area contributed by atoms with E-state index in [0.717, 1.165) is 25.2 Å². The van der Waals surface area contributed by atoms with Crippen molar-refractivity contribution in [1.82, 2.24) is 5.32 Å². The van der Waals surface area contributed by atoms with Gasteiger partial charge in [0.05, 0.1) is 5.41 Å². The molecule has 102 valence electrons. The molecule has 0 radical (unpaired) electrons. The number of carbonyl (C=O) groups excluding carboxylic acids is 1. The summed E-state index contributed by atoms with van der Waals surface area (Å²) in [5.41, 5.74) is 5.41. The number of halogens is 1. The van der Waals surface area contributed by atoms with Crippen molar-refractivity contribution in [3.8, 4) is 0 Å². The standard InChI is InChI=1S/C13H26N2O.ClH/c1-4-13(5-2,9-14)12(16)15-10(3)8-11-6-7-11;/h10-11H,4-9,14H2,1-3H3,(H,15,16);1H. The van der Waals surface area contributed by atoms with Gasteiger partial charge < -0.3 is 11.1 Å². The Hall–Kier alpha value is -0.280. The van der Waals surface area contributed by atoms with Gasteiger partial charge in [-0.2, -0.15) is 0 Å². The molecule has 1 aliphatic carbocycles. The van der Waals surface area contributed by atoms with Crippen LogP contribution < -0.4 is 11.1 Å². The molecule has 1 fully saturated rings. The second kappa shape index (κ2) is 7.22. The third-order valence-electron chi connectivity index (χ3n) is 3.99. The van der Waals surface area contributed by atoms with E-state index in [2.05, 4.69) is 12.2 Å². The van der Waals surface area contributed by atoms with Crippen molar-refractivity contribution in [2.75, 3.05) is 6.54 Å². The first-order chi connectivity index (χ1) is 7.57. The van der Waals surface area contributed by atoms with Crippen LogP contribution in [0.5, 0.6) is 0 Å². The van der Waals surface area contributed by atoms with Gasteiger partial charge >= 0.3 is 0 Å². The van der Waals surface area contributed by atoms with Crippen molar-refractivity contribution in [3.63, 3.8) is 0 Å². The topological polar surface area (TPSA) is 55.1 Å². The second-order valence-electron chi connectivity index (χ2n) is 5.25. The number of rotatable bonds is 7. The fourth-order valence-corrected chi connectivity index (χ4v) is 2.24. The number of nitrogens with one attached hydrogen (secondary N) is 1. The molecule has 1 saturated carbocycles. The lowest BCUT2D eigenvalue weighted by Gasteiger charge is -2.30. The van der Waals surface area contributed by atoms with Gasteiger partial charge in [0.25, 0.3) is 0 Å². The molecule has 3 N–H and O–H groups in total. The minimum Gasteiger partial charge on any atom is -0.353 e. The van der Waals surface area contributed by atoms with Crippen LogP contribution in [-0.2, 0) is 4.79 Å². The Morgan fingerprint density at radius 1 is 1.41 bits per heavy atom. The van der Waals surface area contributed by atoms with E-state index < -0.39 is 0 Å². The van der Waals surface area contributed by atoms with Crippen molar-refractivity contribution in [1.29, 1.82) is 0 Å². The molecule has 0 aromatic rings. The lowest BCUT2D eigenvalue weighted by molar-refractivity contribution is -0.131. The number of amides is 1. The van der Waals surface area contributed by atoms with Crippen LogP contribution in [0, 0.1) is 11.3 Å². The Morgan fingerprint density at radius 3 is 2.29 bits per heavy atom. The Morgan fingerprint density at radius 2 is 1.94 bits per heavy atom. The van der Waals surface area contributed by atoms with Gasteiger partial charge in [0.1, 0.15) is 0 Å². The molecule has 1 unspecified atom stereocenters. The van der Waals surface area contributed by atoms with Crippen molar-refractivity contribution in [3.05, 3.63) is 0 Å². The minimum atomic E-state index is -0.349. The Labute approximate surface area is 111 Å². The first kappa shape index (κ1) is 16.7. The molecule has 0 aromatic heterocycles. The number of nitrogens with two attached hydrogens (primary N) is 1. The lowest BCUT2D eigenvalue weighted by atomic mass is 9.81. The van der Waals surface area contributed by atoms with E-state index >= 15 is 0 Å². The molecular weight excluding hydrogens is 236 g/mol. The molecular formula is C13H27ClN2O. The quantitative estimate of drug-likeness (QED) is 0.741. The molecule has 0 aliphatic heterocycles. The molecule has 3 nitrogen and oxygen atoms in total. The molecule has 1 amide bonds. The summed E-state index contributed by atoms with van der Waals surface area (Å²) in [5, 5.41) is 3.13. The zero-order valence-corrected chi connectivity index (χ0v) is 12.1. The first-order valence-corrected chi connectivity index (χ1v) is 6.59. The predicted octanol–water partition coefficient (Wildman–Crippen LogP) is 2.48. The SMILES string of the molecule is CCC(CC)(CN)C(=O)NC(C)CC1CC1.Cl. The van der Waals surface area contributed by atoms with Gasteiger partial charge in [-0.3, -0.25) is 4.79 Å². The highest BCUT2D eigenvalue weighted by molar-refractivity contribution is 5.85. The number of hydrogen-bond donors (Lipinski definition) is 2. The molecule has 17 heavy (non-hydrogen) atoms. The van der Waals surface area contributed by atoms with Crippen LogP contribution in [0.1, 0.15) is 52.9 Å². The normalized spacial score (nSPS) is 17.2. The van der Waals surface area contributed by atoms with E-state index in [1.54, 1.807) is 0 Å². The maximum absolute atomic E-state index is 12.2. The highest BCUT2D eigenvalue weighted by Gasteiger charge is 2.34. The van der Waals surface area contributed by atoms with Gasteiger partial charge in [0.15, 0.2) is 0 Å². The van der Waals surface area contributed by atoms with Crippen LogP contribution in [-0.4, -0.2) is 18.5 Å². The lowest BCUT2D eigenvalue weighted by Crippen LogP contribution is -2.48. The van der Waals surface area contributed by atoms with Gasteiger partial charge in [0, 0.05) is 12.6 Å². The molecule has 0 bridgehead atoms. The summed E-state index contributed by atoms with van der Waals surface area (Å²) in [5.74, 6) is 0.999. The average Bonchev–Trinajstić information content (AvgIpc) is 3.05. The van der Waals surface area contributed by atoms with Gasteiger partial charge in [0.2, 0.25) is 5.91 Å². The first-order valence-electron chi connectivity index (χ1n) is 6.59. The van der Waals surface area contributed by atoms with Crippen LogP contribution >= 0.6 is 12.4 Å². The van der Waals surface area contributed by atoms with Crippen LogP contribution in [0.3, 0.4) is 0 Å². The van der Waals surface area contributed by atoms with Crippen molar-refractivity contribution in [2.45, 2.75) is 58.9 Å². The molecule has 0 spiro atoms. The molecule has 1 atom stereocenters. The summed E-state index contributed by atoms with van der Waals surface area (Å²) in [6, 6.07) is 0.295. The number of hydrogen-bond acceptors (Lipinski definition) is 2. The highest BCUT2D eigenvalue weighted by atomic mass is 35.5. The fourth-order valence-electron chi connectivity index (χ4n) is 2.24. The molecule has 0 heterocycles. The van der Waals surface area contributed by atoms with Crippen molar-refractivity contribution >= 4 is 18.3 Å². The predicted molar refractivity (Wildman–Crippen MR) is 74.3 cm³/mol. The molecule has 1 aliphatic rings. The monoisotopic (exact) mass is 262 g/mol. The second-order valence-corrected chi connectivity index (χ2v) is 5.25. The van der Waals surface area contributed by atoms with E-state index in [-0.39, 0.29) is 23.7 Å². The van der Waals surface area contributed by atoms with Gasteiger partial charge in [-0.25, -0.2) is 0 Å². The molecule has 0 aromatic carbocycles. The van der Waals surface area contributed by atoms with E-state index in [1.165, 1.54) is 12.8 Å². The van der Waals surface area contributed by atoms with Gasteiger partial charge in [-0.05, 0) is 32.1 Å². The Kier molecular flexibility index (Phi) is 7.10. The van der Waals surface area contributed by atoms with Crippen LogP contribution in [0.2, 0.25) is 0 Å². The van der Waals surface area contributed by atoms with Crippen LogP contribution in [0.4, 0.5) is 0 Å². The smallest absolute Gasteiger partial charge is 0.227 e. The van der Waals surface area contributed by atoms with Gasteiger partial charge in [-0.1, -0.05) is 26.7 Å². The van der Waals surface area contributed by atoms with Crippen LogP contribution in [0.15, 0.2) is 0 Å². The molecule has 4 heteroatoms. The third-order valence-corrected chi connectivity index (χ3v) is 3.99. The average molecular weight is 263 g/mol. The van der Waals surface area contributed by atoms with E-state index in [1.807, 2.05) is 13.8 Å². The van der Waals surface area contributed by atoms with Crippen molar-refractivity contribution < 1.29 is 4.79 Å². The summed E-state index contributed by atoms with van der Waals surface area (Å²) in [6.07, 6.45) is 5.44.